The SMILES string of the molecule is Cc1c(C2CO2)oc2ccccc12. The second-order valence-corrected chi connectivity index (χ2v) is 3.41. The molecule has 3 rings (SSSR count). The van der Waals surface area contributed by atoms with E-state index in [1.165, 1.54) is 10.9 Å². The number of hydrogen-bond acceptors (Lipinski definition) is 2. The zero-order valence-corrected chi connectivity index (χ0v) is 7.41. The Morgan fingerprint density at radius 1 is 1.31 bits per heavy atom. The van der Waals surface area contributed by atoms with Crippen molar-refractivity contribution in [1.82, 2.24) is 0 Å². The molecule has 0 radical (unpaired) electrons. The Morgan fingerprint density at radius 2 is 2.08 bits per heavy atom. The Hall–Kier alpha value is -1.28. The van der Waals surface area contributed by atoms with Crippen LogP contribution < -0.4 is 0 Å². The van der Waals surface area contributed by atoms with Crippen LogP contribution in [0.1, 0.15) is 17.4 Å². The van der Waals surface area contributed by atoms with E-state index in [1.54, 1.807) is 0 Å². The van der Waals surface area contributed by atoms with Crippen LogP contribution in [0.25, 0.3) is 11.0 Å². The summed E-state index contributed by atoms with van der Waals surface area (Å²) >= 11 is 0. The molecule has 0 amide bonds. The number of epoxide rings is 1. The molecule has 0 bridgehead atoms. The van der Waals surface area contributed by atoms with E-state index in [4.69, 9.17) is 9.15 Å². The van der Waals surface area contributed by atoms with E-state index in [-0.39, 0.29) is 6.10 Å². The van der Waals surface area contributed by atoms with Gasteiger partial charge in [-0.3, -0.25) is 0 Å². The first-order valence-corrected chi connectivity index (χ1v) is 4.46. The molecule has 0 aliphatic carbocycles. The van der Waals surface area contributed by atoms with E-state index in [2.05, 4.69) is 13.0 Å². The molecule has 13 heavy (non-hydrogen) atoms. The fraction of sp³-hybridized carbons (Fsp3) is 0.273. The van der Waals surface area contributed by atoms with Crippen LogP contribution in [-0.2, 0) is 4.74 Å². The summed E-state index contributed by atoms with van der Waals surface area (Å²) in [6, 6.07) is 8.10. The van der Waals surface area contributed by atoms with Gasteiger partial charge in [-0.2, -0.15) is 0 Å². The molecule has 0 N–H and O–H groups in total. The van der Waals surface area contributed by atoms with Gasteiger partial charge in [0.1, 0.15) is 17.4 Å². The van der Waals surface area contributed by atoms with Crippen molar-refractivity contribution in [3.63, 3.8) is 0 Å². The highest BCUT2D eigenvalue weighted by molar-refractivity contribution is 5.82. The van der Waals surface area contributed by atoms with Crippen LogP contribution in [0.2, 0.25) is 0 Å². The first-order chi connectivity index (χ1) is 6.36. The summed E-state index contributed by atoms with van der Waals surface area (Å²) in [5.41, 5.74) is 2.18. The van der Waals surface area contributed by atoms with E-state index in [0.717, 1.165) is 18.0 Å². The maximum absolute atomic E-state index is 5.70. The quantitative estimate of drug-likeness (QED) is 0.621. The Bertz CT molecular complexity index is 452. The Morgan fingerprint density at radius 3 is 2.77 bits per heavy atom. The minimum atomic E-state index is 0.215. The number of fused-ring (bicyclic) bond motifs is 1. The van der Waals surface area contributed by atoms with Gasteiger partial charge in [0, 0.05) is 10.9 Å². The Labute approximate surface area is 76.1 Å². The fourth-order valence-electron chi connectivity index (χ4n) is 1.70. The van der Waals surface area contributed by atoms with Crippen molar-refractivity contribution in [3.05, 3.63) is 35.6 Å². The zero-order chi connectivity index (χ0) is 8.84. The third-order valence-electron chi connectivity index (χ3n) is 2.51. The van der Waals surface area contributed by atoms with E-state index in [0.29, 0.717) is 0 Å². The molecule has 0 spiro atoms. The molecule has 1 aromatic carbocycles. The molecule has 1 saturated heterocycles. The monoisotopic (exact) mass is 174 g/mol. The van der Waals surface area contributed by atoms with Crippen LogP contribution in [0.15, 0.2) is 28.7 Å². The lowest BCUT2D eigenvalue weighted by Crippen LogP contribution is -1.78. The van der Waals surface area contributed by atoms with Crippen LogP contribution in [0.3, 0.4) is 0 Å². The summed E-state index contributed by atoms with van der Waals surface area (Å²) in [5, 5.41) is 1.20. The van der Waals surface area contributed by atoms with Crippen molar-refractivity contribution in [1.29, 1.82) is 0 Å². The largest absolute Gasteiger partial charge is 0.458 e. The molecule has 2 heteroatoms. The van der Waals surface area contributed by atoms with Crippen molar-refractivity contribution in [2.24, 2.45) is 0 Å². The second kappa shape index (κ2) is 2.36. The summed E-state index contributed by atoms with van der Waals surface area (Å²) in [6.45, 7) is 2.89. The summed E-state index contributed by atoms with van der Waals surface area (Å²) in [6.07, 6.45) is 0.215. The van der Waals surface area contributed by atoms with Crippen LogP contribution >= 0.6 is 0 Å². The summed E-state index contributed by atoms with van der Waals surface area (Å²) in [7, 11) is 0. The van der Waals surface area contributed by atoms with Crippen LogP contribution in [0, 0.1) is 6.92 Å². The summed E-state index contributed by atoms with van der Waals surface area (Å²) < 4.78 is 10.9. The Balaban J connectivity index is 2.30. The van der Waals surface area contributed by atoms with Gasteiger partial charge in [-0.1, -0.05) is 18.2 Å². The molecular formula is C11H10O2. The van der Waals surface area contributed by atoms with Gasteiger partial charge in [0.2, 0.25) is 0 Å². The summed E-state index contributed by atoms with van der Waals surface area (Å²) in [5.74, 6) is 1.00. The van der Waals surface area contributed by atoms with Crippen molar-refractivity contribution in [2.45, 2.75) is 13.0 Å². The van der Waals surface area contributed by atoms with E-state index in [9.17, 15) is 0 Å². The van der Waals surface area contributed by atoms with Gasteiger partial charge in [-0.15, -0.1) is 0 Å². The lowest BCUT2D eigenvalue weighted by atomic mass is 10.1. The molecule has 66 valence electrons. The minimum Gasteiger partial charge on any atom is -0.458 e. The van der Waals surface area contributed by atoms with Crippen molar-refractivity contribution < 1.29 is 9.15 Å². The number of ether oxygens (including phenoxy) is 1. The third-order valence-corrected chi connectivity index (χ3v) is 2.51. The van der Waals surface area contributed by atoms with Crippen molar-refractivity contribution >= 4 is 11.0 Å². The maximum atomic E-state index is 5.70. The maximum Gasteiger partial charge on any atom is 0.139 e. The van der Waals surface area contributed by atoms with Crippen molar-refractivity contribution in [2.75, 3.05) is 6.61 Å². The molecule has 2 heterocycles. The van der Waals surface area contributed by atoms with Crippen LogP contribution in [0.5, 0.6) is 0 Å². The van der Waals surface area contributed by atoms with Gasteiger partial charge in [0.25, 0.3) is 0 Å². The highest BCUT2D eigenvalue weighted by Gasteiger charge is 2.30. The molecule has 1 fully saturated rings. The summed E-state index contributed by atoms with van der Waals surface area (Å²) in [4.78, 5) is 0. The van der Waals surface area contributed by atoms with Crippen molar-refractivity contribution in [3.8, 4) is 0 Å². The van der Waals surface area contributed by atoms with E-state index < -0.39 is 0 Å². The number of furan rings is 1. The minimum absolute atomic E-state index is 0.215. The number of para-hydroxylation sites is 1. The van der Waals surface area contributed by atoms with Gasteiger partial charge in [0.05, 0.1) is 6.61 Å². The van der Waals surface area contributed by atoms with E-state index >= 15 is 0 Å². The fourth-order valence-corrected chi connectivity index (χ4v) is 1.70. The molecule has 1 aliphatic heterocycles. The number of benzene rings is 1. The number of aryl methyl sites for hydroxylation is 1. The van der Waals surface area contributed by atoms with Gasteiger partial charge in [-0.25, -0.2) is 0 Å². The lowest BCUT2D eigenvalue weighted by molar-refractivity contribution is 0.376. The normalized spacial score (nSPS) is 20.8. The zero-order valence-electron chi connectivity index (χ0n) is 7.41. The first-order valence-electron chi connectivity index (χ1n) is 4.46. The predicted octanol–water partition coefficient (Wildman–Crippen LogP) is 2.81. The molecule has 1 aromatic heterocycles. The van der Waals surface area contributed by atoms with Crippen LogP contribution in [-0.4, -0.2) is 6.61 Å². The molecule has 1 aliphatic rings. The number of rotatable bonds is 1. The predicted molar refractivity (Wildman–Crippen MR) is 49.6 cm³/mol. The van der Waals surface area contributed by atoms with Gasteiger partial charge in [-0.05, 0) is 13.0 Å². The molecule has 2 aromatic rings. The first kappa shape index (κ1) is 7.15. The highest BCUT2D eigenvalue weighted by atomic mass is 16.6. The number of hydrogen-bond donors (Lipinski definition) is 0. The van der Waals surface area contributed by atoms with Gasteiger partial charge >= 0.3 is 0 Å². The molecule has 1 atom stereocenters. The van der Waals surface area contributed by atoms with Gasteiger partial charge in [0.15, 0.2) is 0 Å². The molecular weight excluding hydrogens is 164 g/mol. The average Bonchev–Trinajstić information content (AvgIpc) is 2.94. The van der Waals surface area contributed by atoms with Crippen LogP contribution in [0.4, 0.5) is 0 Å². The Kier molecular flexibility index (Phi) is 1.30. The molecule has 2 nitrogen and oxygen atoms in total. The second-order valence-electron chi connectivity index (χ2n) is 3.41. The van der Waals surface area contributed by atoms with Gasteiger partial charge < -0.3 is 9.15 Å². The topological polar surface area (TPSA) is 25.7 Å². The standard InChI is InChI=1S/C11H10O2/c1-7-8-4-2-3-5-9(8)13-11(7)10-6-12-10/h2-5,10H,6H2,1H3. The third kappa shape index (κ3) is 0.988. The smallest absolute Gasteiger partial charge is 0.139 e. The van der Waals surface area contributed by atoms with E-state index in [1.807, 2.05) is 18.2 Å². The lowest BCUT2D eigenvalue weighted by Gasteiger charge is -1.88. The highest BCUT2D eigenvalue weighted by Crippen LogP contribution is 2.37. The molecule has 1 unspecified atom stereocenters. The average molecular weight is 174 g/mol. The molecule has 0 saturated carbocycles.